The third kappa shape index (κ3) is 3.36. The number of nitrogens with zero attached hydrogens (tertiary/aromatic N) is 2. The molecular formula is C19H32N2O3S. The number of hydrogen-bond donors (Lipinski definition) is 0. The molecule has 25 heavy (non-hydrogen) atoms. The van der Waals surface area contributed by atoms with E-state index >= 15 is 0 Å². The van der Waals surface area contributed by atoms with E-state index in [1.807, 2.05) is 6.92 Å². The highest BCUT2D eigenvalue weighted by Gasteiger charge is 2.47. The smallest absolute Gasteiger partial charge is 0.241 e. The van der Waals surface area contributed by atoms with Crippen LogP contribution in [0.1, 0.15) is 64.7 Å². The molecule has 3 heterocycles. The summed E-state index contributed by atoms with van der Waals surface area (Å²) in [7, 11) is -3.31. The first kappa shape index (κ1) is 17.8. The predicted molar refractivity (Wildman–Crippen MR) is 97.5 cm³/mol. The van der Waals surface area contributed by atoms with E-state index in [1.165, 1.54) is 19.3 Å². The van der Waals surface area contributed by atoms with Crippen LogP contribution < -0.4 is 0 Å². The number of rotatable bonds is 4. The van der Waals surface area contributed by atoms with Crippen LogP contribution in [0, 0.1) is 17.8 Å². The number of hydrogen-bond acceptors (Lipinski definition) is 3. The van der Waals surface area contributed by atoms with Gasteiger partial charge in [0.1, 0.15) is 6.04 Å². The molecule has 0 aromatic rings. The molecule has 2 aliphatic carbocycles. The zero-order valence-electron chi connectivity index (χ0n) is 15.4. The molecule has 2 saturated carbocycles. The first-order valence-corrected chi connectivity index (χ1v) is 11.9. The predicted octanol–water partition coefficient (Wildman–Crippen LogP) is 2.62. The van der Waals surface area contributed by atoms with Crippen molar-refractivity contribution in [1.82, 2.24) is 9.21 Å². The van der Waals surface area contributed by atoms with Crippen molar-refractivity contribution in [2.45, 2.75) is 76.8 Å². The highest BCUT2D eigenvalue weighted by atomic mass is 32.2. The average Bonchev–Trinajstić information content (AvgIpc) is 2.77. The normalized spacial score (nSPS) is 38.8. The first-order valence-electron chi connectivity index (χ1n) is 10.3. The van der Waals surface area contributed by atoms with E-state index in [0.717, 1.165) is 44.1 Å². The van der Waals surface area contributed by atoms with E-state index in [-0.39, 0.29) is 11.7 Å². The Bertz CT molecular complexity index is 606. The summed E-state index contributed by atoms with van der Waals surface area (Å²) in [6.07, 6.45) is 9.35. The topological polar surface area (TPSA) is 57.7 Å². The average molecular weight is 369 g/mol. The van der Waals surface area contributed by atoms with Gasteiger partial charge in [0.25, 0.3) is 0 Å². The van der Waals surface area contributed by atoms with E-state index in [0.29, 0.717) is 31.3 Å². The number of fused-ring (bicyclic) bond motifs is 1. The summed E-state index contributed by atoms with van der Waals surface area (Å²) < 4.78 is 26.9. The maximum Gasteiger partial charge on any atom is 0.241 e. The standard InChI is InChI=1S/C19H32N2O3S/c1-2-7-25(23,24)21-6-4-3-5-18(21)19(22)20-13-16-9-14-8-15(10-16)12-17(20)11-14/h14-18H,2-13H2,1H3/t14-,15+,16?,17?,18-/m0/s1. The Hall–Kier alpha value is -0.620. The second kappa shape index (κ2) is 6.84. The summed E-state index contributed by atoms with van der Waals surface area (Å²) in [6, 6.07) is -0.0811. The summed E-state index contributed by atoms with van der Waals surface area (Å²) in [5.41, 5.74) is 0. The van der Waals surface area contributed by atoms with Gasteiger partial charge in [-0.3, -0.25) is 4.79 Å². The Morgan fingerprint density at radius 2 is 1.68 bits per heavy atom. The van der Waals surface area contributed by atoms with Gasteiger partial charge in [0.05, 0.1) is 5.75 Å². The van der Waals surface area contributed by atoms with Crippen LogP contribution in [-0.4, -0.2) is 54.5 Å². The van der Waals surface area contributed by atoms with Crippen molar-refractivity contribution in [3.05, 3.63) is 0 Å². The van der Waals surface area contributed by atoms with Crippen molar-refractivity contribution in [2.75, 3.05) is 18.8 Å². The molecule has 0 spiro atoms. The number of sulfonamides is 1. The summed E-state index contributed by atoms with van der Waals surface area (Å²) in [4.78, 5) is 15.6. The Morgan fingerprint density at radius 3 is 2.36 bits per heavy atom. The van der Waals surface area contributed by atoms with Crippen LogP contribution in [0.3, 0.4) is 0 Å². The van der Waals surface area contributed by atoms with Gasteiger partial charge >= 0.3 is 0 Å². The fourth-order valence-corrected chi connectivity index (χ4v) is 7.85. The molecular weight excluding hydrogens is 336 g/mol. The summed E-state index contributed by atoms with van der Waals surface area (Å²) >= 11 is 0. The molecule has 3 aliphatic heterocycles. The van der Waals surface area contributed by atoms with Crippen molar-refractivity contribution in [3.63, 3.8) is 0 Å². The maximum atomic E-state index is 13.5. The lowest BCUT2D eigenvalue weighted by molar-refractivity contribution is -0.139. The lowest BCUT2D eigenvalue weighted by Crippen LogP contribution is -2.55. The van der Waals surface area contributed by atoms with E-state index < -0.39 is 16.1 Å². The van der Waals surface area contributed by atoms with Crippen LogP contribution in [0.25, 0.3) is 0 Å². The van der Waals surface area contributed by atoms with Gasteiger partial charge in [0.15, 0.2) is 0 Å². The van der Waals surface area contributed by atoms with Crippen LogP contribution >= 0.6 is 0 Å². The van der Waals surface area contributed by atoms with E-state index in [9.17, 15) is 13.2 Å². The SMILES string of the molecule is CCCS(=O)(=O)N1CCCC[C@H]1C(=O)N1CC2C[C@@H]3CC1C[C@H](C2)C3. The van der Waals surface area contributed by atoms with Crippen molar-refractivity contribution < 1.29 is 13.2 Å². The monoisotopic (exact) mass is 368 g/mol. The molecule has 142 valence electrons. The van der Waals surface area contributed by atoms with Gasteiger partial charge in [-0.05, 0) is 69.1 Å². The molecule has 3 saturated heterocycles. The largest absolute Gasteiger partial charge is 0.338 e. The molecule has 5 fully saturated rings. The molecule has 0 radical (unpaired) electrons. The van der Waals surface area contributed by atoms with Gasteiger partial charge < -0.3 is 4.90 Å². The number of amides is 1. The van der Waals surface area contributed by atoms with Gasteiger partial charge in [-0.25, -0.2) is 8.42 Å². The lowest BCUT2D eigenvalue weighted by atomic mass is 9.68. The lowest BCUT2D eigenvalue weighted by Gasteiger charge is -2.41. The van der Waals surface area contributed by atoms with Crippen LogP contribution in [0.15, 0.2) is 0 Å². The van der Waals surface area contributed by atoms with E-state index in [2.05, 4.69) is 4.90 Å². The molecule has 5 aliphatic rings. The molecule has 1 amide bonds. The van der Waals surface area contributed by atoms with Gasteiger partial charge in [-0.15, -0.1) is 0 Å². The number of carbonyl (C=O) groups is 1. The van der Waals surface area contributed by atoms with Crippen molar-refractivity contribution in [1.29, 1.82) is 0 Å². The molecule has 5 rings (SSSR count). The third-order valence-electron chi connectivity index (χ3n) is 6.95. The molecule has 5 nitrogen and oxygen atoms in total. The number of piperidine rings is 1. The van der Waals surface area contributed by atoms with Gasteiger partial charge in [-0.1, -0.05) is 13.3 Å². The van der Waals surface area contributed by atoms with E-state index in [1.54, 1.807) is 4.31 Å². The zero-order valence-corrected chi connectivity index (χ0v) is 16.2. The fraction of sp³-hybridized carbons (Fsp3) is 0.947. The minimum Gasteiger partial charge on any atom is -0.338 e. The van der Waals surface area contributed by atoms with Gasteiger partial charge in [0, 0.05) is 19.1 Å². The second-order valence-electron chi connectivity index (χ2n) is 8.86. The molecule has 0 N–H and O–H groups in total. The molecule has 0 aromatic carbocycles. The summed E-state index contributed by atoms with van der Waals surface area (Å²) in [5.74, 6) is 2.51. The van der Waals surface area contributed by atoms with E-state index in [4.69, 9.17) is 0 Å². The Balaban J connectivity index is 1.56. The van der Waals surface area contributed by atoms with Crippen molar-refractivity contribution in [3.8, 4) is 0 Å². The van der Waals surface area contributed by atoms with Crippen LogP contribution in [0.4, 0.5) is 0 Å². The highest BCUT2D eigenvalue weighted by molar-refractivity contribution is 7.89. The van der Waals surface area contributed by atoms with Gasteiger partial charge in [0.2, 0.25) is 15.9 Å². The minimum absolute atomic E-state index is 0.109. The molecule has 5 atom stereocenters. The Kier molecular flexibility index (Phi) is 4.86. The zero-order chi connectivity index (χ0) is 17.6. The summed E-state index contributed by atoms with van der Waals surface area (Å²) in [5, 5.41) is 0. The number of carbonyl (C=O) groups excluding carboxylic acids is 1. The van der Waals surface area contributed by atoms with Crippen molar-refractivity contribution in [2.24, 2.45) is 17.8 Å². The minimum atomic E-state index is -3.31. The quantitative estimate of drug-likeness (QED) is 0.766. The maximum absolute atomic E-state index is 13.5. The molecule has 6 heteroatoms. The molecule has 0 aromatic heterocycles. The van der Waals surface area contributed by atoms with Crippen molar-refractivity contribution >= 4 is 15.9 Å². The summed E-state index contributed by atoms with van der Waals surface area (Å²) in [6.45, 7) is 3.28. The fourth-order valence-electron chi connectivity index (χ4n) is 6.11. The van der Waals surface area contributed by atoms with Crippen LogP contribution in [0.2, 0.25) is 0 Å². The highest BCUT2D eigenvalue weighted by Crippen LogP contribution is 2.47. The third-order valence-corrected chi connectivity index (χ3v) is 9.02. The van der Waals surface area contributed by atoms with Gasteiger partial charge in [-0.2, -0.15) is 4.31 Å². The van der Waals surface area contributed by atoms with Crippen LogP contribution in [-0.2, 0) is 14.8 Å². The van der Waals surface area contributed by atoms with Crippen LogP contribution in [0.5, 0.6) is 0 Å². The Labute approximate surface area is 152 Å². The Morgan fingerprint density at radius 1 is 1.00 bits per heavy atom. The first-order chi connectivity index (χ1) is 12.0. The second-order valence-corrected chi connectivity index (χ2v) is 10.9. The molecule has 2 unspecified atom stereocenters. The molecule has 4 bridgehead atoms.